The first-order valence-electron chi connectivity index (χ1n) is 12.7. The molecule has 0 saturated heterocycles. The lowest BCUT2D eigenvalue weighted by molar-refractivity contribution is -0.883. The Morgan fingerprint density at radius 3 is 2.17 bits per heavy atom. The molecule has 0 aromatic rings. The maximum atomic E-state index is 12.2. The van der Waals surface area contributed by atoms with Crippen molar-refractivity contribution in [3.05, 3.63) is 0 Å². The summed E-state index contributed by atoms with van der Waals surface area (Å²) >= 11 is 0. The Hall–Kier alpha value is -0.610. The van der Waals surface area contributed by atoms with Gasteiger partial charge >= 0.3 is 5.97 Å². The molecular formula is C26H50NO3+. The van der Waals surface area contributed by atoms with Crippen LogP contribution in [0.2, 0.25) is 0 Å². The van der Waals surface area contributed by atoms with Crippen LogP contribution in [0.1, 0.15) is 98.3 Å². The first kappa shape index (κ1) is 25.6. The van der Waals surface area contributed by atoms with Crippen LogP contribution in [0.25, 0.3) is 0 Å². The van der Waals surface area contributed by atoms with Gasteiger partial charge in [0.1, 0.15) is 6.54 Å². The van der Waals surface area contributed by atoms with Crippen LogP contribution in [0, 0.1) is 16.7 Å². The summed E-state index contributed by atoms with van der Waals surface area (Å²) in [6, 6.07) is 0. The number of carbonyl (C=O) groups excluding carboxylic acids is 1. The monoisotopic (exact) mass is 424 g/mol. The molecule has 0 amide bonds. The third kappa shape index (κ3) is 6.69. The minimum absolute atomic E-state index is 0.0732. The lowest BCUT2D eigenvalue weighted by Crippen LogP contribution is -2.47. The molecule has 4 nitrogen and oxygen atoms in total. The molecule has 0 spiro atoms. The maximum Gasteiger partial charge on any atom is 0.361 e. The van der Waals surface area contributed by atoms with Gasteiger partial charge in [-0.15, -0.1) is 0 Å². The van der Waals surface area contributed by atoms with Crippen molar-refractivity contribution in [1.82, 2.24) is 0 Å². The lowest BCUT2D eigenvalue weighted by atomic mass is 9.70. The molecule has 3 atom stereocenters. The standard InChI is InChI=1S/C26H50NO3/c1-7-8-9-10-11-12-13-14-18-30-24(28)21-27(5,6)17-19-29-23-20-22-15-16-26(23,4)25(22,2)3/h22-23H,7-21H2,1-6H3/q+1/t22-,23+,26-/m1/s1. The first-order valence-corrected chi connectivity index (χ1v) is 12.7. The fourth-order valence-corrected chi connectivity index (χ4v) is 5.72. The van der Waals surface area contributed by atoms with Gasteiger partial charge in [0, 0.05) is 0 Å². The van der Waals surface area contributed by atoms with E-state index < -0.39 is 0 Å². The van der Waals surface area contributed by atoms with Gasteiger partial charge in [0.2, 0.25) is 0 Å². The Bertz CT molecular complexity index is 530. The predicted octanol–water partition coefficient (Wildman–Crippen LogP) is 5.98. The number of carbonyl (C=O) groups is 1. The van der Waals surface area contributed by atoms with Crippen molar-refractivity contribution in [2.24, 2.45) is 16.7 Å². The summed E-state index contributed by atoms with van der Waals surface area (Å²) in [6.07, 6.45) is 14.3. The second kappa shape index (κ2) is 11.3. The number of nitrogens with zero attached hydrogens (tertiary/aromatic N) is 1. The third-order valence-electron chi connectivity index (χ3n) is 8.55. The number of fused-ring (bicyclic) bond motifs is 2. The Morgan fingerprint density at radius 1 is 0.967 bits per heavy atom. The lowest BCUT2D eigenvalue weighted by Gasteiger charge is -2.39. The maximum absolute atomic E-state index is 12.2. The Morgan fingerprint density at radius 2 is 1.60 bits per heavy atom. The molecule has 30 heavy (non-hydrogen) atoms. The molecule has 0 radical (unpaired) electrons. The van der Waals surface area contributed by atoms with Crippen molar-refractivity contribution in [3.8, 4) is 0 Å². The van der Waals surface area contributed by atoms with Crippen LogP contribution in [0.5, 0.6) is 0 Å². The average molecular weight is 425 g/mol. The minimum atomic E-state index is -0.0732. The molecule has 2 aliphatic rings. The molecule has 0 N–H and O–H groups in total. The fourth-order valence-electron chi connectivity index (χ4n) is 5.72. The number of ether oxygens (including phenoxy) is 2. The van der Waals surface area contributed by atoms with E-state index in [0.717, 1.165) is 25.5 Å². The van der Waals surface area contributed by atoms with Crippen molar-refractivity contribution in [3.63, 3.8) is 0 Å². The minimum Gasteiger partial charge on any atom is -0.462 e. The van der Waals surface area contributed by atoms with Crippen molar-refractivity contribution < 1.29 is 18.8 Å². The summed E-state index contributed by atoms with van der Waals surface area (Å²) in [5.74, 6) is 0.734. The second-order valence-corrected chi connectivity index (χ2v) is 11.5. The van der Waals surface area contributed by atoms with Gasteiger partial charge in [0.25, 0.3) is 0 Å². The number of unbranched alkanes of at least 4 members (excludes halogenated alkanes) is 7. The summed E-state index contributed by atoms with van der Waals surface area (Å²) in [4.78, 5) is 12.2. The molecule has 0 aliphatic heterocycles. The summed E-state index contributed by atoms with van der Waals surface area (Å²) in [7, 11) is 4.21. The van der Waals surface area contributed by atoms with Crippen LogP contribution in [0.4, 0.5) is 0 Å². The first-order chi connectivity index (χ1) is 14.1. The molecule has 0 aromatic carbocycles. The fraction of sp³-hybridized carbons (Fsp3) is 0.962. The summed E-state index contributed by atoms with van der Waals surface area (Å²) in [5, 5.41) is 0. The number of hydrogen-bond acceptors (Lipinski definition) is 3. The zero-order valence-corrected chi connectivity index (χ0v) is 20.9. The SMILES string of the molecule is CCCCCCCCCCOC(=O)C[N+](C)(C)CCO[C@H]1C[C@H]2CC[C@@]1(C)C2(C)C. The van der Waals surface area contributed by atoms with E-state index in [0.29, 0.717) is 34.6 Å². The van der Waals surface area contributed by atoms with E-state index in [4.69, 9.17) is 9.47 Å². The van der Waals surface area contributed by atoms with Gasteiger partial charge in [-0.1, -0.05) is 72.6 Å². The topological polar surface area (TPSA) is 35.5 Å². The van der Waals surface area contributed by atoms with E-state index in [1.165, 1.54) is 64.2 Å². The van der Waals surface area contributed by atoms with Crippen molar-refractivity contribution in [1.29, 1.82) is 0 Å². The van der Waals surface area contributed by atoms with Gasteiger partial charge in [0.15, 0.2) is 6.54 Å². The highest BCUT2D eigenvalue weighted by Crippen LogP contribution is 2.66. The molecule has 2 saturated carbocycles. The largest absolute Gasteiger partial charge is 0.462 e. The summed E-state index contributed by atoms with van der Waals surface area (Å²) in [5.41, 5.74) is 0.699. The van der Waals surface area contributed by atoms with Crippen molar-refractivity contribution in [2.75, 3.05) is 40.4 Å². The average Bonchev–Trinajstić information content (AvgIpc) is 2.99. The highest BCUT2D eigenvalue weighted by molar-refractivity contribution is 5.70. The van der Waals surface area contributed by atoms with Crippen LogP contribution in [0.15, 0.2) is 0 Å². The molecule has 4 heteroatoms. The predicted molar refractivity (Wildman–Crippen MR) is 124 cm³/mol. The van der Waals surface area contributed by atoms with E-state index in [1.807, 2.05) is 0 Å². The highest BCUT2D eigenvalue weighted by atomic mass is 16.5. The van der Waals surface area contributed by atoms with E-state index in [-0.39, 0.29) is 5.97 Å². The molecule has 2 rings (SSSR count). The number of likely N-dealkylation sites (N-methyl/N-ethyl adjacent to an activating group) is 1. The zero-order chi connectivity index (χ0) is 22.3. The molecule has 0 aromatic heterocycles. The van der Waals surface area contributed by atoms with Crippen molar-refractivity contribution >= 4 is 5.97 Å². The van der Waals surface area contributed by atoms with Gasteiger partial charge < -0.3 is 14.0 Å². The zero-order valence-electron chi connectivity index (χ0n) is 20.9. The quantitative estimate of drug-likeness (QED) is 0.184. The van der Waals surface area contributed by atoms with Crippen LogP contribution < -0.4 is 0 Å². The number of quaternary nitrogens is 1. The van der Waals surface area contributed by atoms with Crippen LogP contribution >= 0.6 is 0 Å². The van der Waals surface area contributed by atoms with Gasteiger partial charge in [-0.3, -0.25) is 0 Å². The molecule has 2 fully saturated rings. The van der Waals surface area contributed by atoms with E-state index >= 15 is 0 Å². The van der Waals surface area contributed by atoms with Crippen LogP contribution in [-0.4, -0.2) is 57.0 Å². The number of esters is 1. The third-order valence-corrected chi connectivity index (χ3v) is 8.55. The molecule has 0 heterocycles. The molecule has 2 aliphatic carbocycles. The summed E-state index contributed by atoms with van der Waals surface area (Å²) < 4.78 is 12.5. The Labute approximate surface area is 186 Å². The molecular weight excluding hydrogens is 374 g/mol. The Balaban J connectivity index is 1.55. The van der Waals surface area contributed by atoms with E-state index in [2.05, 4.69) is 41.8 Å². The van der Waals surface area contributed by atoms with E-state index in [1.54, 1.807) is 0 Å². The van der Waals surface area contributed by atoms with Crippen LogP contribution in [0.3, 0.4) is 0 Å². The highest BCUT2D eigenvalue weighted by Gasteiger charge is 2.61. The van der Waals surface area contributed by atoms with Gasteiger partial charge in [-0.25, -0.2) is 4.79 Å². The van der Waals surface area contributed by atoms with Gasteiger partial charge in [-0.05, 0) is 42.4 Å². The van der Waals surface area contributed by atoms with Crippen molar-refractivity contribution in [2.45, 2.75) is 104 Å². The number of rotatable bonds is 15. The van der Waals surface area contributed by atoms with Crippen LogP contribution in [-0.2, 0) is 14.3 Å². The molecule has 0 unspecified atom stereocenters. The smallest absolute Gasteiger partial charge is 0.361 e. The second-order valence-electron chi connectivity index (χ2n) is 11.5. The van der Waals surface area contributed by atoms with Gasteiger partial charge in [0.05, 0.1) is 33.4 Å². The van der Waals surface area contributed by atoms with Gasteiger partial charge in [-0.2, -0.15) is 0 Å². The molecule has 2 bridgehead atoms. The summed E-state index contributed by atoms with van der Waals surface area (Å²) in [6.45, 7) is 12.1. The number of hydrogen-bond donors (Lipinski definition) is 0. The normalized spacial score (nSPS) is 27.5. The Kier molecular flexibility index (Phi) is 9.67. The van der Waals surface area contributed by atoms with E-state index in [9.17, 15) is 4.79 Å². The molecule has 176 valence electrons.